The molecule has 0 saturated heterocycles. The Morgan fingerprint density at radius 1 is 1.19 bits per heavy atom. The average molecular weight is 313 g/mol. The molecule has 1 aromatic heterocycles. The third-order valence-electron chi connectivity index (χ3n) is 3.60. The van der Waals surface area contributed by atoms with E-state index in [4.69, 9.17) is 17.3 Å². The van der Waals surface area contributed by atoms with Crippen LogP contribution >= 0.6 is 11.6 Å². The van der Waals surface area contributed by atoms with Gasteiger partial charge in [-0.25, -0.2) is 4.98 Å². The lowest BCUT2D eigenvalue weighted by atomic mass is 10.1. The number of nitrogens with zero attached hydrogens (tertiary/aromatic N) is 1. The smallest absolute Gasteiger partial charge is 0.327 e. The van der Waals surface area contributed by atoms with Gasteiger partial charge in [0, 0.05) is 17.5 Å². The van der Waals surface area contributed by atoms with E-state index in [0.29, 0.717) is 16.4 Å². The third-order valence-corrected chi connectivity index (χ3v) is 3.91. The molecular formula is C15H12ClF3N2. The first kappa shape index (κ1) is 14.4. The zero-order valence-corrected chi connectivity index (χ0v) is 11.6. The number of aromatic nitrogens is 1. The average Bonchev–Trinajstić information content (AvgIpc) is 3.14. The van der Waals surface area contributed by atoms with Crippen molar-refractivity contribution in [2.75, 3.05) is 0 Å². The number of rotatable bonds is 2. The fourth-order valence-electron chi connectivity index (χ4n) is 2.31. The summed E-state index contributed by atoms with van der Waals surface area (Å²) in [6, 6.07) is 8.62. The normalized spacial score (nSPS) is 21.4. The maximum atomic E-state index is 12.7. The molecule has 2 atom stereocenters. The van der Waals surface area contributed by atoms with E-state index in [2.05, 4.69) is 4.98 Å². The molecule has 6 heteroatoms. The molecule has 0 amide bonds. The van der Waals surface area contributed by atoms with Gasteiger partial charge >= 0.3 is 6.18 Å². The molecule has 0 spiro atoms. The summed E-state index contributed by atoms with van der Waals surface area (Å²) in [4.78, 5) is 4.20. The fourth-order valence-corrected chi connectivity index (χ4v) is 2.60. The lowest BCUT2D eigenvalue weighted by Gasteiger charge is -2.09. The van der Waals surface area contributed by atoms with Crippen LogP contribution in [-0.4, -0.2) is 11.0 Å². The van der Waals surface area contributed by atoms with E-state index in [9.17, 15) is 13.2 Å². The van der Waals surface area contributed by atoms with Crippen molar-refractivity contribution < 1.29 is 13.2 Å². The Labute approximate surface area is 124 Å². The first-order chi connectivity index (χ1) is 9.86. The Bertz CT molecular complexity index is 685. The molecule has 3 rings (SSSR count). The van der Waals surface area contributed by atoms with Crippen LogP contribution < -0.4 is 5.73 Å². The van der Waals surface area contributed by atoms with E-state index in [1.54, 1.807) is 18.2 Å². The van der Waals surface area contributed by atoms with E-state index >= 15 is 0 Å². The quantitative estimate of drug-likeness (QED) is 0.843. The molecule has 0 unspecified atom stereocenters. The minimum Gasteiger partial charge on any atom is -0.327 e. The monoisotopic (exact) mass is 312 g/mol. The molecule has 21 heavy (non-hydrogen) atoms. The van der Waals surface area contributed by atoms with Gasteiger partial charge in [-0.3, -0.25) is 0 Å². The van der Waals surface area contributed by atoms with Crippen LogP contribution in [0.5, 0.6) is 0 Å². The zero-order chi connectivity index (χ0) is 15.2. The topological polar surface area (TPSA) is 38.9 Å². The van der Waals surface area contributed by atoms with Crippen LogP contribution in [0, 0.1) is 0 Å². The highest BCUT2D eigenvalue weighted by atomic mass is 35.5. The number of benzene rings is 1. The second kappa shape index (κ2) is 5.00. The molecule has 2 nitrogen and oxygen atoms in total. The number of hydrogen-bond acceptors (Lipinski definition) is 2. The summed E-state index contributed by atoms with van der Waals surface area (Å²) in [6.45, 7) is 0. The molecule has 1 aliphatic carbocycles. The molecule has 0 aliphatic heterocycles. The Kier molecular flexibility index (Phi) is 3.42. The molecular weight excluding hydrogens is 301 g/mol. The van der Waals surface area contributed by atoms with Gasteiger partial charge in [0.2, 0.25) is 0 Å². The minimum absolute atomic E-state index is 0.101. The summed E-state index contributed by atoms with van der Waals surface area (Å²) in [6.07, 6.45) is -3.51. The minimum atomic E-state index is -4.37. The van der Waals surface area contributed by atoms with Gasteiger partial charge in [-0.15, -0.1) is 0 Å². The Morgan fingerprint density at radius 2 is 1.90 bits per heavy atom. The van der Waals surface area contributed by atoms with E-state index in [1.807, 2.05) is 0 Å². The Balaban J connectivity index is 1.96. The molecule has 1 aromatic carbocycles. The van der Waals surface area contributed by atoms with Crippen molar-refractivity contribution in [2.24, 2.45) is 5.73 Å². The maximum Gasteiger partial charge on any atom is 0.416 e. The van der Waals surface area contributed by atoms with Crippen LogP contribution in [0.2, 0.25) is 5.15 Å². The predicted molar refractivity (Wildman–Crippen MR) is 75.0 cm³/mol. The SMILES string of the molecule is N[C@H]1C[C@@H]1c1ccc(-c2cccc(C(F)(F)F)c2)nc1Cl. The second-order valence-electron chi connectivity index (χ2n) is 5.16. The molecule has 0 bridgehead atoms. The van der Waals surface area contributed by atoms with Crippen LogP contribution in [0.4, 0.5) is 13.2 Å². The number of hydrogen-bond donors (Lipinski definition) is 1. The summed E-state index contributed by atoms with van der Waals surface area (Å²) in [5, 5.41) is 0.308. The van der Waals surface area contributed by atoms with Crippen LogP contribution in [0.15, 0.2) is 36.4 Å². The largest absolute Gasteiger partial charge is 0.416 e. The predicted octanol–water partition coefficient (Wildman–Crippen LogP) is 4.24. The van der Waals surface area contributed by atoms with Gasteiger partial charge in [-0.05, 0) is 30.2 Å². The second-order valence-corrected chi connectivity index (χ2v) is 5.52. The standard InChI is InChI=1S/C15H12ClF3N2/c16-14-10(11-7-12(11)20)4-5-13(21-14)8-2-1-3-9(6-8)15(17,18)19/h1-6,11-12H,7,20H2/t11-,12+/m1/s1. The molecule has 0 radical (unpaired) electrons. The summed E-state index contributed by atoms with van der Waals surface area (Å²) in [7, 11) is 0. The lowest BCUT2D eigenvalue weighted by molar-refractivity contribution is -0.137. The Morgan fingerprint density at radius 3 is 2.48 bits per heavy atom. The number of halogens is 4. The first-order valence-electron chi connectivity index (χ1n) is 6.46. The van der Waals surface area contributed by atoms with Gasteiger partial charge in [0.05, 0.1) is 11.3 Å². The van der Waals surface area contributed by atoms with E-state index in [-0.39, 0.29) is 12.0 Å². The van der Waals surface area contributed by atoms with Crippen LogP contribution in [0.25, 0.3) is 11.3 Å². The maximum absolute atomic E-state index is 12.7. The summed E-state index contributed by atoms with van der Waals surface area (Å²) in [5.41, 5.74) is 6.74. The van der Waals surface area contributed by atoms with Crippen molar-refractivity contribution in [3.05, 3.63) is 52.7 Å². The van der Waals surface area contributed by atoms with E-state index in [1.165, 1.54) is 6.07 Å². The van der Waals surface area contributed by atoms with E-state index < -0.39 is 11.7 Å². The van der Waals surface area contributed by atoms with Crippen molar-refractivity contribution in [1.82, 2.24) is 4.98 Å². The number of alkyl halides is 3. The van der Waals surface area contributed by atoms with Gasteiger partial charge in [-0.1, -0.05) is 29.8 Å². The molecule has 2 aromatic rings. The van der Waals surface area contributed by atoms with Gasteiger partial charge in [0.15, 0.2) is 0 Å². The van der Waals surface area contributed by atoms with Gasteiger partial charge in [0.1, 0.15) is 5.15 Å². The van der Waals surface area contributed by atoms with Crippen molar-refractivity contribution in [3.63, 3.8) is 0 Å². The highest BCUT2D eigenvalue weighted by Gasteiger charge is 2.36. The summed E-state index contributed by atoms with van der Waals surface area (Å²) >= 11 is 6.12. The molecule has 110 valence electrons. The first-order valence-corrected chi connectivity index (χ1v) is 6.83. The molecule has 1 aliphatic rings. The van der Waals surface area contributed by atoms with Gasteiger partial charge in [-0.2, -0.15) is 13.2 Å². The van der Waals surface area contributed by atoms with E-state index in [0.717, 1.165) is 24.1 Å². The summed E-state index contributed by atoms with van der Waals surface area (Å²) < 4.78 is 38.2. The highest BCUT2D eigenvalue weighted by Crippen LogP contribution is 2.42. The van der Waals surface area contributed by atoms with Crippen LogP contribution in [-0.2, 0) is 6.18 Å². The Hall–Kier alpha value is -1.59. The van der Waals surface area contributed by atoms with Crippen LogP contribution in [0.1, 0.15) is 23.5 Å². The van der Waals surface area contributed by atoms with Crippen molar-refractivity contribution in [1.29, 1.82) is 0 Å². The molecule has 2 N–H and O–H groups in total. The van der Waals surface area contributed by atoms with Crippen molar-refractivity contribution in [3.8, 4) is 11.3 Å². The van der Waals surface area contributed by atoms with Crippen LogP contribution in [0.3, 0.4) is 0 Å². The third kappa shape index (κ3) is 2.89. The summed E-state index contributed by atoms with van der Waals surface area (Å²) in [5.74, 6) is 0.209. The van der Waals surface area contributed by atoms with Gasteiger partial charge in [0.25, 0.3) is 0 Å². The fraction of sp³-hybridized carbons (Fsp3) is 0.267. The zero-order valence-electron chi connectivity index (χ0n) is 10.9. The number of pyridine rings is 1. The molecule has 1 fully saturated rings. The molecule has 1 saturated carbocycles. The van der Waals surface area contributed by atoms with Gasteiger partial charge < -0.3 is 5.73 Å². The highest BCUT2D eigenvalue weighted by molar-refractivity contribution is 6.30. The van der Waals surface area contributed by atoms with Crippen molar-refractivity contribution >= 4 is 11.6 Å². The molecule has 1 heterocycles. The van der Waals surface area contributed by atoms with Crippen molar-refractivity contribution in [2.45, 2.75) is 24.6 Å². The lowest BCUT2D eigenvalue weighted by Crippen LogP contribution is -2.05. The number of nitrogens with two attached hydrogens (primary N) is 1.